The number of aromatic nitrogens is 3. The Morgan fingerprint density at radius 2 is 2.04 bits per heavy atom. The van der Waals surface area contributed by atoms with Gasteiger partial charge in [0, 0.05) is 48.7 Å². The lowest BCUT2D eigenvalue weighted by Gasteiger charge is -2.15. The molecule has 0 spiro atoms. The lowest BCUT2D eigenvalue weighted by Crippen LogP contribution is -2.27. The van der Waals surface area contributed by atoms with E-state index in [1.54, 1.807) is 17.3 Å². The highest BCUT2D eigenvalue weighted by Gasteiger charge is 2.21. The lowest BCUT2D eigenvalue weighted by molar-refractivity contribution is 0.252. The molecule has 0 unspecified atom stereocenters. The van der Waals surface area contributed by atoms with Gasteiger partial charge in [0.1, 0.15) is 0 Å². The summed E-state index contributed by atoms with van der Waals surface area (Å²) in [6, 6.07) is 7.92. The molecule has 2 amide bonds. The smallest absolute Gasteiger partial charge is 0.321 e. The number of carbonyl (C=O) groups excluding carboxylic acids is 1. The zero-order chi connectivity index (χ0) is 18.1. The maximum Gasteiger partial charge on any atom is 0.321 e. The van der Waals surface area contributed by atoms with E-state index in [2.05, 4.69) is 27.5 Å². The Hall–Kier alpha value is -3.22. The molecule has 1 aliphatic rings. The zero-order valence-electron chi connectivity index (χ0n) is 14.8. The fourth-order valence-electron chi connectivity index (χ4n) is 3.13. The van der Waals surface area contributed by atoms with Crippen molar-refractivity contribution >= 4 is 28.6 Å². The predicted molar refractivity (Wildman–Crippen MR) is 102 cm³/mol. The molecule has 1 saturated heterocycles. The van der Waals surface area contributed by atoms with Crippen molar-refractivity contribution in [1.82, 2.24) is 20.3 Å². The molecule has 2 N–H and O–H groups in total. The summed E-state index contributed by atoms with van der Waals surface area (Å²) < 4.78 is 0. The van der Waals surface area contributed by atoms with Gasteiger partial charge in [-0.25, -0.2) is 19.7 Å². The van der Waals surface area contributed by atoms with Gasteiger partial charge in [0.25, 0.3) is 0 Å². The van der Waals surface area contributed by atoms with Gasteiger partial charge >= 0.3 is 6.03 Å². The number of nitrogens with one attached hydrogen (secondary N) is 2. The van der Waals surface area contributed by atoms with Crippen LogP contribution in [0.3, 0.4) is 0 Å². The third kappa shape index (κ3) is 2.92. The number of rotatable bonds is 4. The summed E-state index contributed by atoms with van der Waals surface area (Å²) in [4.78, 5) is 27.1. The van der Waals surface area contributed by atoms with E-state index in [0.717, 1.165) is 40.0 Å². The van der Waals surface area contributed by atoms with Crippen LogP contribution in [0.25, 0.3) is 22.2 Å². The third-order valence-corrected chi connectivity index (χ3v) is 4.45. The first-order valence-corrected chi connectivity index (χ1v) is 8.69. The van der Waals surface area contributed by atoms with Crippen LogP contribution >= 0.6 is 0 Å². The maximum atomic E-state index is 11.9. The van der Waals surface area contributed by atoms with Gasteiger partial charge in [-0.1, -0.05) is 6.07 Å². The van der Waals surface area contributed by atoms with E-state index in [-0.39, 0.29) is 6.03 Å². The highest BCUT2D eigenvalue weighted by Crippen LogP contribution is 2.28. The highest BCUT2D eigenvalue weighted by atomic mass is 16.2. The van der Waals surface area contributed by atoms with E-state index in [4.69, 9.17) is 4.98 Å². The maximum absolute atomic E-state index is 11.9. The second-order valence-electron chi connectivity index (χ2n) is 6.24. The summed E-state index contributed by atoms with van der Waals surface area (Å²) >= 11 is 0. The summed E-state index contributed by atoms with van der Waals surface area (Å²) in [5.74, 6) is 0.607. The minimum atomic E-state index is -0.0651. The average Bonchev–Trinajstić information content (AvgIpc) is 3.08. The van der Waals surface area contributed by atoms with Crippen molar-refractivity contribution in [3.05, 3.63) is 42.2 Å². The van der Waals surface area contributed by atoms with Gasteiger partial charge in [0.05, 0.1) is 11.2 Å². The fraction of sp³-hybridized carbons (Fsp3) is 0.263. The van der Waals surface area contributed by atoms with Gasteiger partial charge in [-0.2, -0.15) is 0 Å². The SMILES string of the molecule is CCNc1ncc(-c2cc(C)c3ccc(N4CCNC4=O)cc3n2)cn1. The Bertz CT molecular complexity index is 970. The molecule has 0 radical (unpaired) electrons. The Kier molecular flexibility index (Phi) is 4.12. The molecule has 0 atom stereocenters. The van der Waals surface area contributed by atoms with Crippen molar-refractivity contribution in [3.8, 4) is 11.3 Å². The minimum absolute atomic E-state index is 0.0651. The number of benzene rings is 1. The number of aryl methyl sites for hydroxylation is 1. The number of pyridine rings is 1. The second-order valence-corrected chi connectivity index (χ2v) is 6.24. The number of hydrogen-bond acceptors (Lipinski definition) is 5. The first kappa shape index (κ1) is 16.3. The second kappa shape index (κ2) is 6.59. The monoisotopic (exact) mass is 348 g/mol. The molecule has 7 heteroatoms. The minimum Gasteiger partial charge on any atom is -0.355 e. The van der Waals surface area contributed by atoms with Crippen LogP contribution in [-0.4, -0.2) is 40.6 Å². The third-order valence-electron chi connectivity index (χ3n) is 4.45. The molecule has 0 bridgehead atoms. The van der Waals surface area contributed by atoms with Crippen LogP contribution in [0.4, 0.5) is 16.4 Å². The molecule has 1 aliphatic heterocycles. The molecule has 132 valence electrons. The molecule has 0 saturated carbocycles. The summed E-state index contributed by atoms with van der Waals surface area (Å²) in [6.07, 6.45) is 3.55. The van der Waals surface area contributed by atoms with Crippen molar-refractivity contribution in [2.45, 2.75) is 13.8 Å². The van der Waals surface area contributed by atoms with Gasteiger partial charge in [-0.15, -0.1) is 0 Å². The van der Waals surface area contributed by atoms with Crippen LogP contribution in [0.2, 0.25) is 0 Å². The number of amides is 2. The molecule has 0 aliphatic carbocycles. The largest absolute Gasteiger partial charge is 0.355 e. The molecule has 1 aromatic carbocycles. The number of fused-ring (bicyclic) bond motifs is 1. The van der Waals surface area contributed by atoms with Gasteiger partial charge in [-0.05, 0) is 37.6 Å². The molecule has 4 rings (SSSR count). The van der Waals surface area contributed by atoms with Crippen molar-refractivity contribution in [2.75, 3.05) is 29.9 Å². The Morgan fingerprint density at radius 1 is 1.23 bits per heavy atom. The molecular weight excluding hydrogens is 328 g/mol. The molecule has 3 aromatic rings. The Morgan fingerprint density at radius 3 is 2.73 bits per heavy atom. The van der Waals surface area contributed by atoms with E-state index in [0.29, 0.717) is 19.0 Å². The van der Waals surface area contributed by atoms with Crippen LogP contribution in [-0.2, 0) is 0 Å². The molecule has 7 nitrogen and oxygen atoms in total. The number of carbonyl (C=O) groups is 1. The van der Waals surface area contributed by atoms with Crippen molar-refractivity contribution in [2.24, 2.45) is 0 Å². The van der Waals surface area contributed by atoms with Crippen LogP contribution in [0.1, 0.15) is 12.5 Å². The van der Waals surface area contributed by atoms with E-state index in [9.17, 15) is 4.79 Å². The van der Waals surface area contributed by atoms with E-state index in [1.807, 2.05) is 31.2 Å². The quantitative estimate of drug-likeness (QED) is 0.757. The number of hydrogen-bond donors (Lipinski definition) is 2. The lowest BCUT2D eigenvalue weighted by atomic mass is 10.1. The molecule has 26 heavy (non-hydrogen) atoms. The summed E-state index contributed by atoms with van der Waals surface area (Å²) in [6.45, 7) is 6.18. The molecule has 1 fully saturated rings. The van der Waals surface area contributed by atoms with Gasteiger partial charge in [-0.3, -0.25) is 4.90 Å². The van der Waals surface area contributed by atoms with Crippen molar-refractivity contribution in [3.63, 3.8) is 0 Å². The van der Waals surface area contributed by atoms with Crippen LogP contribution in [0, 0.1) is 6.92 Å². The number of anilines is 2. The average molecular weight is 348 g/mol. The van der Waals surface area contributed by atoms with Gasteiger partial charge in [0.15, 0.2) is 0 Å². The number of nitrogens with zero attached hydrogens (tertiary/aromatic N) is 4. The van der Waals surface area contributed by atoms with Crippen LogP contribution < -0.4 is 15.5 Å². The van der Waals surface area contributed by atoms with Crippen molar-refractivity contribution < 1.29 is 4.79 Å². The predicted octanol–water partition coefficient (Wildman–Crippen LogP) is 2.96. The molecule has 3 heterocycles. The van der Waals surface area contributed by atoms with Gasteiger partial charge < -0.3 is 10.6 Å². The van der Waals surface area contributed by atoms with E-state index >= 15 is 0 Å². The topological polar surface area (TPSA) is 83.0 Å². The Balaban J connectivity index is 1.75. The van der Waals surface area contributed by atoms with E-state index < -0.39 is 0 Å². The Labute approximate surface area is 151 Å². The molecule has 2 aromatic heterocycles. The van der Waals surface area contributed by atoms with E-state index in [1.165, 1.54) is 0 Å². The normalized spacial score (nSPS) is 13.9. The molecular formula is C19H20N6O. The number of urea groups is 1. The van der Waals surface area contributed by atoms with Crippen molar-refractivity contribution in [1.29, 1.82) is 0 Å². The fourth-order valence-corrected chi connectivity index (χ4v) is 3.13. The standard InChI is InChI=1S/C19H20N6O/c1-3-20-18-22-10-13(11-23-18)16-8-12(2)15-5-4-14(9-17(15)24-16)25-7-6-21-19(25)26/h4-5,8-11H,3,6-7H2,1-2H3,(H,21,26)(H,20,22,23). The first-order chi connectivity index (χ1) is 12.7. The van der Waals surface area contributed by atoms with Crippen LogP contribution in [0.5, 0.6) is 0 Å². The summed E-state index contributed by atoms with van der Waals surface area (Å²) in [5.41, 5.74) is 4.52. The van der Waals surface area contributed by atoms with Gasteiger partial charge in [0.2, 0.25) is 5.95 Å². The highest BCUT2D eigenvalue weighted by molar-refractivity contribution is 5.97. The summed E-state index contributed by atoms with van der Waals surface area (Å²) in [7, 11) is 0. The first-order valence-electron chi connectivity index (χ1n) is 8.69. The summed E-state index contributed by atoms with van der Waals surface area (Å²) in [5, 5.41) is 6.98. The zero-order valence-corrected chi connectivity index (χ0v) is 14.8. The van der Waals surface area contributed by atoms with Crippen LogP contribution in [0.15, 0.2) is 36.7 Å².